The van der Waals surface area contributed by atoms with Gasteiger partial charge in [0, 0.05) is 0 Å². The quantitative estimate of drug-likeness (QED) is 0.336. The molecule has 0 unspecified atom stereocenters. The molecule has 0 aliphatic heterocycles. The Morgan fingerprint density at radius 3 is 1.32 bits per heavy atom. The molecule has 25 heavy (non-hydrogen) atoms. The molecule has 0 bridgehead atoms. The number of benzene rings is 2. The minimum absolute atomic E-state index is 0. The van der Waals surface area contributed by atoms with Crippen LogP contribution in [0.4, 0.5) is 0 Å². The normalized spacial score (nSPS) is 11.8. The summed E-state index contributed by atoms with van der Waals surface area (Å²) < 4.78 is 99.2. The summed E-state index contributed by atoms with van der Waals surface area (Å²) in [6.45, 7) is 0. The summed E-state index contributed by atoms with van der Waals surface area (Å²) >= 11 is 0. The van der Waals surface area contributed by atoms with Gasteiger partial charge in [0.1, 0.15) is 30.4 Å². The molecule has 0 atom stereocenters. The fourth-order valence-electron chi connectivity index (χ4n) is 1.78. The molecule has 0 heterocycles. The molecule has 0 saturated heterocycles. The van der Waals surface area contributed by atoms with Gasteiger partial charge in [0.05, 0.1) is 14.7 Å². The molecule has 120 valence electrons. The smallest absolute Gasteiger partial charge is 0.744 e. The van der Waals surface area contributed by atoms with Gasteiger partial charge < -0.3 is 13.7 Å². The van der Waals surface area contributed by atoms with E-state index in [2.05, 4.69) is 0 Å². The number of hydrogen-bond donors (Lipinski definition) is 0. The van der Waals surface area contributed by atoms with Gasteiger partial charge in [-0.15, -0.1) is 0 Å². The van der Waals surface area contributed by atoms with Gasteiger partial charge in [-0.25, -0.2) is 25.3 Å². The first-order chi connectivity index (χ1) is 9.80. The first-order valence-electron chi connectivity index (χ1n) is 5.26. The summed E-state index contributed by atoms with van der Waals surface area (Å²) in [7, 11) is -15.4. The van der Waals surface area contributed by atoms with Crippen LogP contribution in [-0.2, 0) is 30.4 Å². The second-order valence-corrected chi connectivity index (χ2v) is 8.25. The molecule has 15 heteroatoms. The Bertz CT molecular complexity index is 1090. The standard InChI is InChI=1S/C10H8O9S3.3Na/c11-20(12,13)8-2-1-6-4-9(21(14,15)16)10(22(17,18)19)5-7(6)3-8;;;/h1-5H,(H,11,12,13)(H,14,15,16)(H,17,18,19);;;/q;3*+1/p-3. The van der Waals surface area contributed by atoms with Crippen molar-refractivity contribution in [1.29, 1.82) is 0 Å². The van der Waals surface area contributed by atoms with Gasteiger partial charge in [0.2, 0.25) is 0 Å². The molecule has 2 aromatic carbocycles. The number of rotatable bonds is 3. The minimum Gasteiger partial charge on any atom is -0.744 e. The molecule has 0 spiro atoms. The molecule has 0 N–H and O–H groups in total. The molecule has 2 aromatic rings. The van der Waals surface area contributed by atoms with E-state index >= 15 is 0 Å². The second-order valence-electron chi connectivity index (χ2n) is 4.17. The molecule has 0 saturated carbocycles. The van der Waals surface area contributed by atoms with Gasteiger partial charge in [-0.1, -0.05) is 6.07 Å². The van der Waals surface area contributed by atoms with E-state index in [1.807, 2.05) is 0 Å². The van der Waals surface area contributed by atoms with Crippen molar-refractivity contribution in [3.8, 4) is 0 Å². The maximum atomic E-state index is 11.1. The van der Waals surface area contributed by atoms with Crippen molar-refractivity contribution in [3.05, 3.63) is 30.3 Å². The van der Waals surface area contributed by atoms with Crippen LogP contribution in [0, 0.1) is 0 Å². The predicted molar refractivity (Wildman–Crippen MR) is 67.8 cm³/mol. The van der Waals surface area contributed by atoms with Gasteiger partial charge in [-0.3, -0.25) is 0 Å². The Morgan fingerprint density at radius 2 is 0.960 bits per heavy atom. The van der Waals surface area contributed by atoms with Crippen LogP contribution in [0.25, 0.3) is 10.8 Å². The zero-order valence-electron chi connectivity index (χ0n) is 13.3. The minimum atomic E-state index is -5.31. The zero-order chi connectivity index (χ0) is 16.9. The largest absolute Gasteiger partial charge is 1.00 e. The molecule has 0 radical (unpaired) electrons. The fraction of sp³-hybridized carbons (Fsp3) is 0. The van der Waals surface area contributed by atoms with E-state index in [-0.39, 0.29) is 99.4 Å². The van der Waals surface area contributed by atoms with Crippen molar-refractivity contribution in [2.75, 3.05) is 0 Å². The predicted octanol–water partition coefficient (Wildman–Crippen LogP) is -9.44. The number of hydrogen-bond acceptors (Lipinski definition) is 9. The van der Waals surface area contributed by atoms with Gasteiger partial charge in [-0.2, -0.15) is 0 Å². The monoisotopic (exact) mass is 434 g/mol. The molecule has 0 fully saturated rings. The maximum absolute atomic E-state index is 11.1. The van der Waals surface area contributed by atoms with E-state index in [1.165, 1.54) is 0 Å². The fourth-order valence-corrected chi connectivity index (χ4v) is 4.05. The van der Waals surface area contributed by atoms with Crippen molar-refractivity contribution < 1.29 is 128 Å². The second kappa shape index (κ2) is 9.76. The first-order valence-corrected chi connectivity index (χ1v) is 9.48. The van der Waals surface area contributed by atoms with Gasteiger partial charge >= 0.3 is 88.7 Å². The average molecular weight is 434 g/mol. The van der Waals surface area contributed by atoms with Crippen molar-refractivity contribution in [3.63, 3.8) is 0 Å². The van der Waals surface area contributed by atoms with E-state index in [1.54, 1.807) is 0 Å². The van der Waals surface area contributed by atoms with Crippen molar-refractivity contribution in [2.24, 2.45) is 0 Å². The van der Waals surface area contributed by atoms with Crippen LogP contribution in [0.1, 0.15) is 0 Å². The Hall–Kier alpha value is 1.43. The van der Waals surface area contributed by atoms with Crippen molar-refractivity contribution in [2.45, 2.75) is 14.7 Å². The van der Waals surface area contributed by atoms with Crippen LogP contribution in [0.2, 0.25) is 0 Å². The molecule has 0 aliphatic rings. The summed E-state index contributed by atoms with van der Waals surface area (Å²) in [5.74, 6) is 0. The summed E-state index contributed by atoms with van der Waals surface area (Å²) in [5, 5.41) is -0.229. The topological polar surface area (TPSA) is 172 Å². The third-order valence-electron chi connectivity index (χ3n) is 2.70. The van der Waals surface area contributed by atoms with E-state index < -0.39 is 45.0 Å². The SMILES string of the molecule is O=S(=O)([O-])c1ccc2cc(S(=O)(=O)[O-])c(S(=O)(=O)[O-])cc2c1.[Na+].[Na+].[Na+]. The first kappa shape index (κ1) is 28.6. The van der Waals surface area contributed by atoms with Crippen LogP contribution in [0.15, 0.2) is 45.0 Å². The van der Waals surface area contributed by atoms with E-state index in [4.69, 9.17) is 0 Å². The van der Waals surface area contributed by atoms with E-state index in [0.717, 1.165) is 18.2 Å². The van der Waals surface area contributed by atoms with Gasteiger partial charge in [0.15, 0.2) is 0 Å². The molecule has 0 aliphatic carbocycles. The summed E-state index contributed by atoms with van der Waals surface area (Å²) in [5.41, 5.74) is 0. The van der Waals surface area contributed by atoms with Gasteiger partial charge in [-0.05, 0) is 35.0 Å². The zero-order valence-corrected chi connectivity index (χ0v) is 21.7. The average Bonchev–Trinajstić information content (AvgIpc) is 2.33. The van der Waals surface area contributed by atoms with Crippen LogP contribution in [0.5, 0.6) is 0 Å². The van der Waals surface area contributed by atoms with Crippen LogP contribution < -0.4 is 88.7 Å². The Morgan fingerprint density at radius 1 is 0.560 bits per heavy atom. The molecule has 9 nitrogen and oxygen atoms in total. The van der Waals surface area contributed by atoms with Crippen LogP contribution >= 0.6 is 0 Å². The molecule has 0 amide bonds. The third kappa shape index (κ3) is 7.07. The summed E-state index contributed by atoms with van der Waals surface area (Å²) in [6, 6.07) is 3.81. The van der Waals surface area contributed by atoms with E-state index in [9.17, 15) is 38.9 Å². The summed E-state index contributed by atoms with van der Waals surface area (Å²) in [6.07, 6.45) is 0. The molecular weight excluding hydrogens is 429 g/mol. The molecule has 0 aromatic heterocycles. The van der Waals surface area contributed by atoms with Crippen LogP contribution in [0.3, 0.4) is 0 Å². The molecule has 2 rings (SSSR count). The molecular formula is C10H5Na3O9S3. The van der Waals surface area contributed by atoms with Crippen molar-refractivity contribution in [1.82, 2.24) is 0 Å². The Kier molecular flexibility index (Phi) is 11.2. The van der Waals surface area contributed by atoms with Gasteiger partial charge in [0.25, 0.3) is 0 Å². The van der Waals surface area contributed by atoms with Crippen LogP contribution in [-0.4, -0.2) is 38.9 Å². The summed E-state index contributed by atoms with van der Waals surface area (Å²) in [4.78, 5) is -3.25. The number of fused-ring (bicyclic) bond motifs is 1. The Labute approximate surface area is 210 Å². The van der Waals surface area contributed by atoms with Crippen molar-refractivity contribution >= 4 is 41.1 Å². The maximum Gasteiger partial charge on any atom is 1.00 e. The van der Waals surface area contributed by atoms with E-state index in [0.29, 0.717) is 12.1 Å². The Balaban J connectivity index is 0. The third-order valence-corrected chi connectivity index (χ3v) is 5.42.